The van der Waals surface area contributed by atoms with Gasteiger partial charge in [-0.05, 0) is 30.2 Å². The van der Waals surface area contributed by atoms with Crippen molar-refractivity contribution >= 4 is 23.2 Å². The smallest absolute Gasteiger partial charge is 0.0567 e. The molecule has 0 aliphatic heterocycles. The van der Waals surface area contributed by atoms with Crippen LogP contribution in [-0.4, -0.2) is 5.21 Å². The van der Waals surface area contributed by atoms with E-state index in [-0.39, 0.29) is 6.04 Å². The molecule has 0 bridgehead atoms. The number of halogens is 2. The van der Waals surface area contributed by atoms with Gasteiger partial charge in [0.25, 0.3) is 0 Å². The van der Waals surface area contributed by atoms with E-state index in [1.807, 2.05) is 6.92 Å². The molecule has 0 heterocycles. The first-order chi connectivity index (χ1) is 6.17. The van der Waals surface area contributed by atoms with Crippen molar-refractivity contribution in [2.75, 3.05) is 0 Å². The number of benzene rings is 1. The molecule has 2 nitrogen and oxygen atoms in total. The van der Waals surface area contributed by atoms with Gasteiger partial charge in [0, 0.05) is 10.0 Å². The van der Waals surface area contributed by atoms with E-state index in [9.17, 15) is 0 Å². The highest BCUT2D eigenvalue weighted by atomic mass is 35.5. The minimum Gasteiger partial charge on any atom is -0.316 e. The van der Waals surface area contributed by atoms with Crippen molar-refractivity contribution in [2.45, 2.75) is 19.4 Å². The van der Waals surface area contributed by atoms with Crippen LogP contribution in [0.2, 0.25) is 10.0 Å². The third kappa shape index (κ3) is 2.85. The zero-order valence-corrected chi connectivity index (χ0v) is 8.73. The Bertz CT molecular complexity index is 267. The molecule has 13 heavy (non-hydrogen) atoms. The van der Waals surface area contributed by atoms with Crippen LogP contribution in [0.25, 0.3) is 0 Å². The summed E-state index contributed by atoms with van der Waals surface area (Å²) >= 11 is 11.6. The summed E-state index contributed by atoms with van der Waals surface area (Å²) in [6.07, 6.45) is 0.771. The van der Waals surface area contributed by atoms with Crippen LogP contribution in [0.15, 0.2) is 18.2 Å². The molecule has 0 spiro atoms. The van der Waals surface area contributed by atoms with E-state index in [4.69, 9.17) is 28.4 Å². The second kappa shape index (κ2) is 4.82. The fraction of sp³-hybridized carbons (Fsp3) is 0.333. The van der Waals surface area contributed by atoms with Gasteiger partial charge in [-0.1, -0.05) is 30.1 Å². The molecule has 0 saturated heterocycles. The van der Waals surface area contributed by atoms with Crippen molar-refractivity contribution in [1.82, 2.24) is 5.48 Å². The van der Waals surface area contributed by atoms with Gasteiger partial charge >= 0.3 is 0 Å². The van der Waals surface area contributed by atoms with Crippen molar-refractivity contribution in [3.05, 3.63) is 33.8 Å². The van der Waals surface area contributed by atoms with Gasteiger partial charge in [-0.2, -0.15) is 5.48 Å². The van der Waals surface area contributed by atoms with E-state index >= 15 is 0 Å². The van der Waals surface area contributed by atoms with Crippen LogP contribution < -0.4 is 5.48 Å². The second-order valence-corrected chi connectivity index (χ2v) is 3.67. The number of rotatable bonds is 3. The van der Waals surface area contributed by atoms with Gasteiger partial charge in [-0.25, -0.2) is 0 Å². The summed E-state index contributed by atoms with van der Waals surface area (Å²) in [6, 6.07) is 5.11. The van der Waals surface area contributed by atoms with Crippen LogP contribution in [0.4, 0.5) is 0 Å². The van der Waals surface area contributed by atoms with Crippen LogP contribution in [0.5, 0.6) is 0 Å². The number of hydroxylamine groups is 1. The van der Waals surface area contributed by atoms with Crippen LogP contribution in [0, 0.1) is 0 Å². The van der Waals surface area contributed by atoms with E-state index in [1.165, 1.54) is 0 Å². The Morgan fingerprint density at radius 3 is 2.23 bits per heavy atom. The maximum Gasteiger partial charge on any atom is 0.0567 e. The maximum absolute atomic E-state index is 8.83. The maximum atomic E-state index is 8.83. The van der Waals surface area contributed by atoms with Gasteiger partial charge in [0.15, 0.2) is 0 Å². The number of nitrogens with one attached hydrogen (secondary N) is 1. The molecule has 4 heteroatoms. The first kappa shape index (κ1) is 10.8. The molecule has 0 aromatic heterocycles. The van der Waals surface area contributed by atoms with Gasteiger partial charge in [-0.15, -0.1) is 0 Å². The monoisotopic (exact) mass is 219 g/mol. The summed E-state index contributed by atoms with van der Waals surface area (Å²) in [7, 11) is 0. The predicted octanol–water partition coefficient (Wildman–Crippen LogP) is 3.42. The molecule has 72 valence electrons. The third-order valence-electron chi connectivity index (χ3n) is 1.85. The summed E-state index contributed by atoms with van der Waals surface area (Å²) in [5.41, 5.74) is 3.10. The van der Waals surface area contributed by atoms with Crippen molar-refractivity contribution in [2.24, 2.45) is 0 Å². The van der Waals surface area contributed by atoms with Crippen LogP contribution in [0.1, 0.15) is 24.9 Å². The molecule has 2 N–H and O–H groups in total. The third-order valence-corrected chi connectivity index (χ3v) is 2.29. The van der Waals surface area contributed by atoms with Crippen LogP contribution in [-0.2, 0) is 0 Å². The molecule has 0 radical (unpaired) electrons. The minimum atomic E-state index is -0.115. The average molecular weight is 220 g/mol. The quantitative estimate of drug-likeness (QED) is 0.765. The molecule has 0 fully saturated rings. The lowest BCUT2D eigenvalue weighted by Crippen LogP contribution is -2.15. The Labute approximate surface area is 87.4 Å². The van der Waals surface area contributed by atoms with Gasteiger partial charge in [0.05, 0.1) is 6.04 Å². The molecule has 1 aromatic carbocycles. The Hall–Kier alpha value is -0.280. The first-order valence-corrected chi connectivity index (χ1v) is 4.78. The number of hydrogen-bond acceptors (Lipinski definition) is 2. The average Bonchev–Trinajstić information content (AvgIpc) is 2.04. The highest BCUT2D eigenvalue weighted by Gasteiger charge is 2.08. The Morgan fingerprint density at radius 2 is 1.85 bits per heavy atom. The molecule has 0 aliphatic carbocycles. The summed E-state index contributed by atoms with van der Waals surface area (Å²) < 4.78 is 0. The molecule has 0 unspecified atom stereocenters. The van der Waals surface area contributed by atoms with Crippen LogP contribution >= 0.6 is 23.2 Å². The van der Waals surface area contributed by atoms with E-state index in [2.05, 4.69) is 5.48 Å². The Kier molecular flexibility index (Phi) is 4.00. The largest absolute Gasteiger partial charge is 0.316 e. The lowest BCUT2D eigenvalue weighted by atomic mass is 10.1. The zero-order valence-electron chi connectivity index (χ0n) is 7.22. The highest BCUT2D eigenvalue weighted by Crippen LogP contribution is 2.24. The minimum absolute atomic E-state index is 0.115. The molecule has 1 rings (SSSR count). The van der Waals surface area contributed by atoms with Gasteiger partial charge in [0.1, 0.15) is 0 Å². The number of hydrogen-bond donors (Lipinski definition) is 2. The SMILES string of the molecule is CC[C@H](NO)c1cc(Cl)cc(Cl)c1. The highest BCUT2D eigenvalue weighted by molar-refractivity contribution is 6.34. The van der Waals surface area contributed by atoms with E-state index in [0.29, 0.717) is 10.0 Å². The van der Waals surface area contributed by atoms with Crippen molar-refractivity contribution in [3.8, 4) is 0 Å². The van der Waals surface area contributed by atoms with Crippen molar-refractivity contribution < 1.29 is 5.21 Å². The standard InChI is InChI=1S/C9H11Cl2NO/c1-2-9(12-13)6-3-7(10)5-8(11)4-6/h3-5,9,12-13H,2H2,1H3/t9-/m0/s1. The molecule has 0 saturated carbocycles. The topological polar surface area (TPSA) is 32.3 Å². The van der Waals surface area contributed by atoms with Gasteiger partial charge in [-0.3, -0.25) is 0 Å². The molecule has 0 aliphatic rings. The fourth-order valence-electron chi connectivity index (χ4n) is 1.18. The zero-order chi connectivity index (χ0) is 9.84. The summed E-state index contributed by atoms with van der Waals surface area (Å²) in [5.74, 6) is 0. The summed E-state index contributed by atoms with van der Waals surface area (Å²) in [5, 5.41) is 9.98. The normalized spacial score (nSPS) is 12.9. The Balaban J connectivity index is 2.99. The molecular formula is C9H11Cl2NO. The molecular weight excluding hydrogens is 209 g/mol. The lowest BCUT2D eigenvalue weighted by Gasteiger charge is -2.13. The van der Waals surface area contributed by atoms with E-state index < -0.39 is 0 Å². The van der Waals surface area contributed by atoms with E-state index in [0.717, 1.165) is 12.0 Å². The Morgan fingerprint density at radius 1 is 1.31 bits per heavy atom. The van der Waals surface area contributed by atoms with E-state index in [1.54, 1.807) is 18.2 Å². The molecule has 1 aromatic rings. The summed E-state index contributed by atoms with van der Waals surface area (Å²) in [6.45, 7) is 1.96. The predicted molar refractivity (Wildman–Crippen MR) is 54.4 cm³/mol. The van der Waals surface area contributed by atoms with Gasteiger partial charge in [0.2, 0.25) is 0 Å². The lowest BCUT2D eigenvalue weighted by molar-refractivity contribution is 0.124. The van der Waals surface area contributed by atoms with Crippen LogP contribution in [0.3, 0.4) is 0 Å². The van der Waals surface area contributed by atoms with Crippen molar-refractivity contribution in [3.63, 3.8) is 0 Å². The second-order valence-electron chi connectivity index (χ2n) is 2.79. The first-order valence-electron chi connectivity index (χ1n) is 4.03. The van der Waals surface area contributed by atoms with Crippen molar-refractivity contribution in [1.29, 1.82) is 0 Å². The summed E-state index contributed by atoms with van der Waals surface area (Å²) in [4.78, 5) is 0. The van der Waals surface area contributed by atoms with Gasteiger partial charge < -0.3 is 5.21 Å². The molecule has 1 atom stereocenters. The molecule has 0 amide bonds. The fourth-order valence-corrected chi connectivity index (χ4v) is 1.72.